The van der Waals surface area contributed by atoms with Gasteiger partial charge in [0.25, 0.3) is 0 Å². The van der Waals surface area contributed by atoms with E-state index in [2.05, 4.69) is 15.7 Å². The highest BCUT2D eigenvalue weighted by Gasteiger charge is 2.05. The van der Waals surface area contributed by atoms with E-state index < -0.39 is 0 Å². The van der Waals surface area contributed by atoms with Gasteiger partial charge in [-0.15, -0.1) is 11.3 Å². The van der Waals surface area contributed by atoms with Crippen LogP contribution < -0.4 is 15.8 Å². The first-order valence-corrected chi connectivity index (χ1v) is 7.63. The fraction of sp³-hybridized carbons (Fsp3) is 0.400. The molecule has 0 amide bonds. The number of rotatable bonds is 6. The molecule has 0 aliphatic carbocycles. The molecule has 3 N–H and O–H groups in total. The summed E-state index contributed by atoms with van der Waals surface area (Å²) >= 11 is 1.70. The van der Waals surface area contributed by atoms with Crippen molar-refractivity contribution in [3.63, 3.8) is 0 Å². The number of nitrogens with one attached hydrogen (secondary N) is 1. The number of hydrogen-bond donors (Lipinski definition) is 2. The lowest BCUT2D eigenvalue weighted by atomic mass is 10.2. The number of nitrogens with zero attached hydrogens (tertiary/aromatic N) is 1. The third kappa shape index (κ3) is 4.13. The smallest absolute Gasteiger partial charge is 0.144 e. The number of benzene rings is 1. The zero-order valence-corrected chi connectivity index (χ0v) is 13.0. The van der Waals surface area contributed by atoms with E-state index in [4.69, 9.17) is 10.5 Å². The molecule has 2 rings (SSSR count). The van der Waals surface area contributed by atoms with E-state index in [-0.39, 0.29) is 6.10 Å². The molecule has 0 unspecified atom stereocenters. The summed E-state index contributed by atoms with van der Waals surface area (Å²) in [6.07, 6.45) is 1.04. The van der Waals surface area contributed by atoms with E-state index in [0.29, 0.717) is 5.69 Å². The lowest BCUT2D eigenvalue weighted by molar-refractivity contribution is 0.244. The first-order valence-electron chi connectivity index (χ1n) is 6.75. The van der Waals surface area contributed by atoms with Crippen LogP contribution in [0.2, 0.25) is 0 Å². The van der Waals surface area contributed by atoms with E-state index in [9.17, 15) is 0 Å². The molecular weight excluding hydrogens is 270 g/mol. The Kier molecular flexibility index (Phi) is 4.84. The quantitative estimate of drug-likeness (QED) is 0.800. The number of thiazole rings is 1. The second kappa shape index (κ2) is 6.61. The van der Waals surface area contributed by atoms with Crippen molar-refractivity contribution in [1.82, 2.24) is 4.98 Å². The summed E-state index contributed by atoms with van der Waals surface area (Å²) in [5, 5.41) is 6.61. The SMILES string of the molecule is Cc1csc(CCNc2ccc(N)c(OC(C)C)c2)n1. The van der Waals surface area contributed by atoms with Crippen LogP contribution in [0, 0.1) is 6.92 Å². The summed E-state index contributed by atoms with van der Waals surface area (Å²) in [6.45, 7) is 6.84. The first kappa shape index (κ1) is 14.7. The number of hydrogen-bond acceptors (Lipinski definition) is 5. The highest BCUT2D eigenvalue weighted by atomic mass is 32.1. The van der Waals surface area contributed by atoms with Gasteiger partial charge in [0.2, 0.25) is 0 Å². The first-order chi connectivity index (χ1) is 9.54. The van der Waals surface area contributed by atoms with Crippen LogP contribution in [-0.4, -0.2) is 17.6 Å². The van der Waals surface area contributed by atoms with Gasteiger partial charge in [-0.05, 0) is 32.9 Å². The van der Waals surface area contributed by atoms with E-state index in [1.165, 1.54) is 0 Å². The van der Waals surface area contributed by atoms with Gasteiger partial charge in [-0.2, -0.15) is 0 Å². The van der Waals surface area contributed by atoms with Crippen molar-refractivity contribution in [2.75, 3.05) is 17.6 Å². The zero-order chi connectivity index (χ0) is 14.5. The third-order valence-electron chi connectivity index (χ3n) is 2.71. The monoisotopic (exact) mass is 291 g/mol. The van der Waals surface area contributed by atoms with Crippen LogP contribution >= 0.6 is 11.3 Å². The predicted octanol–water partition coefficient (Wildman–Crippen LogP) is 3.48. The van der Waals surface area contributed by atoms with Crippen molar-refractivity contribution in [2.45, 2.75) is 33.3 Å². The van der Waals surface area contributed by atoms with E-state index in [0.717, 1.165) is 35.1 Å². The Balaban J connectivity index is 1.92. The summed E-state index contributed by atoms with van der Waals surface area (Å²) in [5.74, 6) is 0.732. The molecule has 0 aliphatic rings. The largest absolute Gasteiger partial charge is 0.489 e. The van der Waals surface area contributed by atoms with Crippen molar-refractivity contribution >= 4 is 22.7 Å². The summed E-state index contributed by atoms with van der Waals surface area (Å²) < 4.78 is 5.68. The van der Waals surface area contributed by atoms with E-state index in [1.54, 1.807) is 11.3 Å². The molecule has 0 aliphatic heterocycles. The molecule has 4 nitrogen and oxygen atoms in total. The molecule has 20 heavy (non-hydrogen) atoms. The normalized spacial score (nSPS) is 10.8. The van der Waals surface area contributed by atoms with Crippen molar-refractivity contribution in [2.24, 2.45) is 0 Å². The molecule has 2 aromatic rings. The molecule has 0 radical (unpaired) electrons. The topological polar surface area (TPSA) is 60.2 Å². The van der Waals surface area contributed by atoms with E-state index in [1.807, 2.05) is 39.0 Å². The number of aryl methyl sites for hydroxylation is 1. The number of nitrogens with two attached hydrogens (primary N) is 1. The molecule has 1 aromatic heterocycles. The van der Waals surface area contributed by atoms with Gasteiger partial charge in [-0.1, -0.05) is 0 Å². The van der Waals surface area contributed by atoms with Crippen molar-refractivity contribution < 1.29 is 4.74 Å². The second-order valence-corrected chi connectivity index (χ2v) is 5.92. The molecule has 1 aromatic carbocycles. The van der Waals surface area contributed by atoms with Crippen LogP contribution in [0.5, 0.6) is 5.75 Å². The van der Waals surface area contributed by atoms with Crippen molar-refractivity contribution in [1.29, 1.82) is 0 Å². The summed E-state index contributed by atoms with van der Waals surface area (Å²) in [4.78, 5) is 4.45. The number of anilines is 2. The average molecular weight is 291 g/mol. The summed E-state index contributed by atoms with van der Waals surface area (Å²) in [7, 11) is 0. The Hall–Kier alpha value is -1.75. The Bertz CT molecular complexity index is 566. The molecular formula is C15H21N3OS. The molecule has 0 saturated heterocycles. The molecule has 0 fully saturated rings. The van der Waals surface area contributed by atoms with Gasteiger partial charge in [0.05, 0.1) is 16.8 Å². The van der Waals surface area contributed by atoms with Crippen LogP contribution in [0.1, 0.15) is 24.5 Å². The van der Waals surface area contributed by atoms with Gasteiger partial charge >= 0.3 is 0 Å². The number of ether oxygens (including phenoxy) is 1. The van der Waals surface area contributed by atoms with Gasteiger partial charge in [0, 0.05) is 35.8 Å². The Morgan fingerprint density at radius 1 is 1.40 bits per heavy atom. The Morgan fingerprint density at radius 2 is 2.20 bits per heavy atom. The highest BCUT2D eigenvalue weighted by Crippen LogP contribution is 2.26. The number of nitrogen functional groups attached to an aromatic ring is 1. The summed E-state index contributed by atoms with van der Waals surface area (Å²) in [6, 6.07) is 5.78. The average Bonchev–Trinajstić information content (AvgIpc) is 2.78. The highest BCUT2D eigenvalue weighted by molar-refractivity contribution is 7.09. The molecule has 108 valence electrons. The van der Waals surface area contributed by atoms with Crippen LogP contribution in [-0.2, 0) is 6.42 Å². The minimum atomic E-state index is 0.117. The second-order valence-electron chi connectivity index (χ2n) is 4.98. The van der Waals surface area contributed by atoms with Gasteiger partial charge in [-0.3, -0.25) is 0 Å². The molecule has 0 atom stereocenters. The van der Waals surface area contributed by atoms with Gasteiger partial charge in [0.15, 0.2) is 0 Å². The van der Waals surface area contributed by atoms with Crippen molar-refractivity contribution in [3.8, 4) is 5.75 Å². The standard InChI is InChI=1S/C15H21N3OS/c1-10(2)19-14-8-12(4-5-13(14)16)17-7-6-15-18-11(3)9-20-15/h4-5,8-10,17H,6-7,16H2,1-3H3. The molecule has 0 saturated carbocycles. The van der Waals surface area contributed by atoms with Crippen LogP contribution in [0.15, 0.2) is 23.6 Å². The predicted molar refractivity (Wildman–Crippen MR) is 85.7 cm³/mol. The maximum atomic E-state index is 5.90. The maximum absolute atomic E-state index is 5.90. The van der Waals surface area contributed by atoms with Crippen molar-refractivity contribution in [3.05, 3.63) is 34.3 Å². The van der Waals surface area contributed by atoms with Crippen LogP contribution in [0.25, 0.3) is 0 Å². The zero-order valence-electron chi connectivity index (χ0n) is 12.1. The molecule has 0 bridgehead atoms. The Labute approximate surface area is 124 Å². The Morgan fingerprint density at radius 3 is 2.85 bits per heavy atom. The van der Waals surface area contributed by atoms with E-state index >= 15 is 0 Å². The number of aromatic nitrogens is 1. The summed E-state index contributed by atoms with van der Waals surface area (Å²) in [5.41, 5.74) is 8.67. The fourth-order valence-electron chi connectivity index (χ4n) is 1.83. The van der Waals surface area contributed by atoms with Gasteiger partial charge in [-0.25, -0.2) is 4.98 Å². The minimum absolute atomic E-state index is 0.117. The third-order valence-corrected chi connectivity index (χ3v) is 3.74. The molecule has 5 heteroatoms. The minimum Gasteiger partial charge on any atom is -0.489 e. The lowest BCUT2D eigenvalue weighted by Gasteiger charge is -2.14. The van der Waals surface area contributed by atoms with Crippen LogP contribution in [0.3, 0.4) is 0 Å². The maximum Gasteiger partial charge on any atom is 0.144 e. The van der Waals surface area contributed by atoms with Crippen LogP contribution in [0.4, 0.5) is 11.4 Å². The lowest BCUT2D eigenvalue weighted by Crippen LogP contribution is -2.09. The fourth-order valence-corrected chi connectivity index (χ4v) is 2.61. The molecule has 0 spiro atoms. The molecule has 1 heterocycles. The van der Waals surface area contributed by atoms with Gasteiger partial charge < -0.3 is 15.8 Å². The van der Waals surface area contributed by atoms with Gasteiger partial charge in [0.1, 0.15) is 5.75 Å².